The molecule has 0 aromatic carbocycles. The number of nitrogens with one attached hydrogen (secondary N) is 2. The highest BCUT2D eigenvalue weighted by Gasteiger charge is 2.24. The predicted octanol–water partition coefficient (Wildman–Crippen LogP) is 1.25. The fraction of sp³-hybridized carbons (Fsp3) is 0.438. The molecule has 122 valence electrons. The summed E-state index contributed by atoms with van der Waals surface area (Å²) in [6, 6.07) is 7.86. The molecule has 2 aromatic rings. The van der Waals surface area contributed by atoms with E-state index >= 15 is 0 Å². The van der Waals surface area contributed by atoms with Crippen LogP contribution in [0.4, 0.5) is 10.6 Å². The highest BCUT2D eigenvalue weighted by Crippen LogP contribution is 2.17. The zero-order valence-corrected chi connectivity index (χ0v) is 13.1. The quantitative estimate of drug-likeness (QED) is 0.787. The SMILES string of the molecule is O=C(NCCCn1cccn1)N[C@@H]1CCN(c2ccccn2)C1. The molecule has 0 spiro atoms. The van der Waals surface area contributed by atoms with Gasteiger partial charge in [-0.3, -0.25) is 4.68 Å². The number of urea groups is 1. The lowest BCUT2D eigenvalue weighted by molar-refractivity contribution is 0.237. The molecule has 0 radical (unpaired) electrons. The second-order valence-corrected chi connectivity index (χ2v) is 5.64. The van der Waals surface area contributed by atoms with Crippen molar-refractivity contribution in [3.05, 3.63) is 42.9 Å². The second-order valence-electron chi connectivity index (χ2n) is 5.64. The molecule has 1 aliphatic heterocycles. The normalized spacial score (nSPS) is 17.2. The minimum absolute atomic E-state index is 0.0988. The summed E-state index contributed by atoms with van der Waals surface area (Å²) in [6.45, 7) is 3.17. The summed E-state index contributed by atoms with van der Waals surface area (Å²) in [5.74, 6) is 0.969. The van der Waals surface area contributed by atoms with Gasteiger partial charge in [0.1, 0.15) is 5.82 Å². The first-order valence-electron chi connectivity index (χ1n) is 7.99. The number of anilines is 1. The van der Waals surface area contributed by atoms with Crippen LogP contribution in [0.1, 0.15) is 12.8 Å². The maximum Gasteiger partial charge on any atom is 0.315 e. The van der Waals surface area contributed by atoms with Crippen LogP contribution in [-0.2, 0) is 6.54 Å². The molecule has 7 heteroatoms. The molecule has 2 aromatic heterocycles. The maximum absolute atomic E-state index is 11.9. The van der Waals surface area contributed by atoms with Crippen molar-refractivity contribution in [2.45, 2.75) is 25.4 Å². The van der Waals surface area contributed by atoms with E-state index in [0.717, 1.165) is 38.3 Å². The third-order valence-corrected chi connectivity index (χ3v) is 3.91. The minimum atomic E-state index is -0.0988. The topological polar surface area (TPSA) is 75.1 Å². The second kappa shape index (κ2) is 7.62. The Morgan fingerprint density at radius 2 is 2.26 bits per heavy atom. The van der Waals surface area contributed by atoms with Crippen molar-refractivity contribution in [2.75, 3.05) is 24.5 Å². The van der Waals surface area contributed by atoms with Crippen molar-refractivity contribution in [3.8, 4) is 0 Å². The van der Waals surface area contributed by atoms with E-state index in [0.29, 0.717) is 6.54 Å². The van der Waals surface area contributed by atoms with E-state index in [1.54, 1.807) is 12.4 Å². The van der Waals surface area contributed by atoms with Crippen molar-refractivity contribution < 1.29 is 4.79 Å². The molecule has 1 fully saturated rings. The minimum Gasteiger partial charge on any atom is -0.354 e. The fourth-order valence-electron chi connectivity index (χ4n) is 2.74. The number of hydrogen-bond acceptors (Lipinski definition) is 4. The van der Waals surface area contributed by atoms with Gasteiger partial charge in [-0.1, -0.05) is 6.07 Å². The van der Waals surface area contributed by atoms with E-state index in [1.165, 1.54) is 0 Å². The number of aryl methyl sites for hydroxylation is 1. The lowest BCUT2D eigenvalue weighted by Gasteiger charge is -2.18. The van der Waals surface area contributed by atoms with Crippen LogP contribution in [0.5, 0.6) is 0 Å². The van der Waals surface area contributed by atoms with Gasteiger partial charge in [0.25, 0.3) is 0 Å². The standard InChI is InChI=1S/C16H22N6O/c23-16(18-8-3-10-22-11-4-9-19-22)20-14-6-12-21(13-14)15-5-1-2-7-17-15/h1-2,4-5,7,9,11,14H,3,6,8,10,12-13H2,(H2,18,20,23)/t14-/m1/s1. The van der Waals surface area contributed by atoms with E-state index in [9.17, 15) is 4.79 Å². The van der Waals surface area contributed by atoms with Crippen molar-refractivity contribution in [1.82, 2.24) is 25.4 Å². The molecule has 0 aliphatic carbocycles. The van der Waals surface area contributed by atoms with E-state index in [-0.39, 0.29) is 12.1 Å². The monoisotopic (exact) mass is 314 g/mol. The van der Waals surface area contributed by atoms with E-state index < -0.39 is 0 Å². The largest absolute Gasteiger partial charge is 0.354 e. The van der Waals surface area contributed by atoms with Gasteiger partial charge in [0.05, 0.1) is 0 Å². The van der Waals surface area contributed by atoms with Gasteiger partial charge >= 0.3 is 6.03 Å². The maximum atomic E-state index is 11.9. The van der Waals surface area contributed by atoms with Gasteiger partial charge in [0.15, 0.2) is 0 Å². The van der Waals surface area contributed by atoms with Crippen LogP contribution in [0.3, 0.4) is 0 Å². The third-order valence-electron chi connectivity index (χ3n) is 3.91. The van der Waals surface area contributed by atoms with E-state index in [2.05, 4.69) is 25.6 Å². The Bertz CT molecular complexity index is 600. The molecule has 0 saturated carbocycles. The van der Waals surface area contributed by atoms with Crippen LogP contribution in [-0.4, -0.2) is 46.5 Å². The van der Waals surface area contributed by atoms with Gasteiger partial charge in [-0.25, -0.2) is 9.78 Å². The summed E-state index contributed by atoms with van der Waals surface area (Å²) in [5, 5.41) is 10.1. The molecule has 1 saturated heterocycles. The number of pyridine rings is 1. The molecule has 0 unspecified atom stereocenters. The highest BCUT2D eigenvalue weighted by molar-refractivity contribution is 5.74. The molecule has 0 bridgehead atoms. The van der Waals surface area contributed by atoms with Crippen LogP contribution in [0, 0.1) is 0 Å². The predicted molar refractivity (Wildman–Crippen MR) is 88.2 cm³/mol. The van der Waals surface area contributed by atoms with Crippen LogP contribution in [0.2, 0.25) is 0 Å². The lowest BCUT2D eigenvalue weighted by atomic mass is 10.3. The smallest absolute Gasteiger partial charge is 0.315 e. The number of aromatic nitrogens is 3. The van der Waals surface area contributed by atoms with E-state index in [4.69, 9.17) is 0 Å². The molecule has 2 amide bonds. The lowest BCUT2D eigenvalue weighted by Crippen LogP contribution is -2.43. The molecular weight excluding hydrogens is 292 g/mol. The zero-order chi connectivity index (χ0) is 15.9. The number of amides is 2. The first-order valence-corrected chi connectivity index (χ1v) is 7.99. The van der Waals surface area contributed by atoms with Crippen LogP contribution in [0.25, 0.3) is 0 Å². The van der Waals surface area contributed by atoms with Crippen LogP contribution >= 0.6 is 0 Å². The average Bonchev–Trinajstić information content (AvgIpc) is 3.24. The van der Waals surface area contributed by atoms with Gasteiger partial charge in [-0.05, 0) is 31.0 Å². The highest BCUT2D eigenvalue weighted by atomic mass is 16.2. The third kappa shape index (κ3) is 4.45. The molecule has 23 heavy (non-hydrogen) atoms. The average molecular weight is 314 g/mol. The van der Waals surface area contributed by atoms with Crippen LogP contribution in [0.15, 0.2) is 42.9 Å². The molecule has 3 heterocycles. The summed E-state index contributed by atoms with van der Waals surface area (Å²) < 4.78 is 1.86. The molecule has 7 nitrogen and oxygen atoms in total. The van der Waals surface area contributed by atoms with Gasteiger partial charge in [0, 0.05) is 50.8 Å². The van der Waals surface area contributed by atoms with Crippen molar-refractivity contribution >= 4 is 11.8 Å². The summed E-state index contributed by atoms with van der Waals surface area (Å²) in [7, 11) is 0. The number of hydrogen-bond donors (Lipinski definition) is 2. The van der Waals surface area contributed by atoms with Gasteiger partial charge in [-0.2, -0.15) is 5.10 Å². The summed E-state index contributed by atoms with van der Waals surface area (Å²) in [6.07, 6.45) is 7.28. The Morgan fingerprint density at radius 3 is 3.04 bits per heavy atom. The number of carbonyl (C=O) groups excluding carboxylic acids is 1. The Hall–Kier alpha value is -2.57. The molecule has 1 aliphatic rings. The van der Waals surface area contributed by atoms with Gasteiger partial charge in [0.2, 0.25) is 0 Å². The van der Waals surface area contributed by atoms with E-state index in [1.807, 2.05) is 35.1 Å². The number of rotatable bonds is 6. The molecule has 1 atom stereocenters. The first kappa shape index (κ1) is 15.3. The first-order chi connectivity index (χ1) is 11.3. The van der Waals surface area contributed by atoms with Crippen molar-refractivity contribution in [1.29, 1.82) is 0 Å². The Morgan fingerprint density at radius 1 is 1.30 bits per heavy atom. The fourth-order valence-corrected chi connectivity index (χ4v) is 2.74. The van der Waals surface area contributed by atoms with Crippen LogP contribution < -0.4 is 15.5 Å². The van der Waals surface area contributed by atoms with Crippen molar-refractivity contribution in [3.63, 3.8) is 0 Å². The van der Waals surface area contributed by atoms with Crippen molar-refractivity contribution in [2.24, 2.45) is 0 Å². The Labute approximate surface area is 135 Å². The molecule has 2 N–H and O–H groups in total. The molecular formula is C16H22N6O. The number of carbonyl (C=O) groups is 1. The molecule has 3 rings (SSSR count). The summed E-state index contributed by atoms with van der Waals surface area (Å²) in [5.41, 5.74) is 0. The number of nitrogens with zero attached hydrogens (tertiary/aromatic N) is 4. The Balaban J connectivity index is 1.34. The van der Waals surface area contributed by atoms with Gasteiger partial charge in [-0.15, -0.1) is 0 Å². The Kier molecular flexibility index (Phi) is 5.08. The summed E-state index contributed by atoms with van der Waals surface area (Å²) >= 11 is 0. The summed E-state index contributed by atoms with van der Waals surface area (Å²) in [4.78, 5) is 18.5. The van der Waals surface area contributed by atoms with Gasteiger partial charge < -0.3 is 15.5 Å². The zero-order valence-electron chi connectivity index (χ0n) is 13.1.